The first-order chi connectivity index (χ1) is 13.1. The van der Waals surface area contributed by atoms with E-state index in [1.54, 1.807) is 0 Å². The summed E-state index contributed by atoms with van der Waals surface area (Å²) in [5.41, 5.74) is 0.897. The highest BCUT2D eigenvalue weighted by Gasteiger charge is 2.26. The van der Waals surface area contributed by atoms with Crippen LogP contribution in [-0.4, -0.2) is 17.3 Å². The van der Waals surface area contributed by atoms with E-state index < -0.39 is 0 Å². The molecule has 128 valence electrons. The van der Waals surface area contributed by atoms with Crippen LogP contribution in [0.3, 0.4) is 0 Å². The predicted molar refractivity (Wildman–Crippen MR) is 109 cm³/mol. The van der Waals surface area contributed by atoms with Gasteiger partial charge in [0.05, 0.1) is 12.1 Å². The Labute approximate surface area is 155 Å². The molecule has 0 heterocycles. The summed E-state index contributed by atoms with van der Waals surface area (Å²) in [6, 6.07) is 22.5. The van der Waals surface area contributed by atoms with Gasteiger partial charge in [-0.05, 0) is 68.2 Å². The lowest BCUT2D eigenvalue weighted by atomic mass is 9.87. The Morgan fingerprint density at radius 2 is 1.33 bits per heavy atom. The highest BCUT2D eigenvalue weighted by atomic mass is 16.1. The molecule has 0 atom stereocenters. The van der Waals surface area contributed by atoms with Crippen LogP contribution in [0.4, 0.5) is 0 Å². The molecule has 4 aromatic carbocycles. The third-order valence-electron chi connectivity index (χ3n) is 5.17. The van der Waals surface area contributed by atoms with Crippen molar-refractivity contribution in [2.75, 3.05) is 0 Å². The molecule has 0 aromatic heterocycles. The minimum absolute atomic E-state index is 0.109. The molecule has 0 unspecified atom stereocenters. The van der Waals surface area contributed by atoms with Crippen molar-refractivity contribution < 1.29 is 9.59 Å². The van der Waals surface area contributed by atoms with E-state index in [9.17, 15) is 9.59 Å². The number of carbonyl (C=O) groups excluding carboxylic acids is 2. The molecule has 3 nitrogen and oxygen atoms in total. The van der Waals surface area contributed by atoms with Crippen LogP contribution in [0.1, 0.15) is 12.0 Å². The van der Waals surface area contributed by atoms with Gasteiger partial charge in [-0.2, -0.15) is 0 Å². The Morgan fingerprint density at radius 1 is 0.704 bits per heavy atom. The summed E-state index contributed by atoms with van der Waals surface area (Å²) in [7, 11) is 0. The zero-order chi connectivity index (χ0) is 18.5. The molecule has 0 amide bonds. The average Bonchev–Trinajstić information content (AvgIpc) is 2.67. The van der Waals surface area contributed by atoms with Crippen LogP contribution in [0.15, 0.2) is 72.8 Å². The van der Waals surface area contributed by atoms with Crippen LogP contribution in [-0.2, 0) is 9.59 Å². The van der Waals surface area contributed by atoms with Crippen LogP contribution < -0.4 is 0 Å². The quantitative estimate of drug-likeness (QED) is 0.487. The molecule has 0 spiro atoms. The lowest BCUT2D eigenvalue weighted by Gasteiger charge is -2.15. The fourth-order valence-electron chi connectivity index (χ4n) is 3.85. The molecule has 0 bridgehead atoms. The van der Waals surface area contributed by atoms with Crippen molar-refractivity contribution in [1.82, 2.24) is 0 Å². The summed E-state index contributed by atoms with van der Waals surface area (Å²) in [6.07, 6.45) is 1.28. The summed E-state index contributed by atoms with van der Waals surface area (Å²) in [4.78, 5) is 24.4. The van der Waals surface area contributed by atoms with Gasteiger partial charge in [0.25, 0.3) is 0 Å². The molecule has 4 aromatic rings. The average molecular weight is 349 g/mol. The minimum atomic E-state index is -0.360. The number of Topliss-reactive ketones (excluding diaryl/α,β-unsaturated/α-hetero) is 1. The molecule has 1 aliphatic carbocycles. The number of ketones is 2. The second-order valence-corrected chi connectivity index (χ2v) is 6.93. The van der Waals surface area contributed by atoms with Gasteiger partial charge in [-0.3, -0.25) is 9.59 Å². The Balaban J connectivity index is 1.82. The summed E-state index contributed by atoms with van der Waals surface area (Å²) >= 11 is 0. The molecular weight excluding hydrogens is 334 g/mol. The van der Waals surface area contributed by atoms with Gasteiger partial charge >= 0.3 is 0 Å². The number of nitrogens with one attached hydrogen (secondary N) is 1. The zero-order valence-corrected chi connectivity index (χ0v) is 14.5. The Morgan fingerprint density at radius 3 is 2.07 bits per heavy atom. The molecule has 27 heavy (non-hydrogen) atoms. The van der Waals surface area contributed by atoms with E-state index in [0.29, 0.717) is 11.1 Å². The largest absolute Gasteiger partial charge is 0.301 e. The lowest BCUT2D eigenvalue weighted by Crippen LogP contribution is -2.23. The number of carbonyl (C=O) groups is 2. The second-order valence-electron chi connectivity index (χ2n) is 6.93. The molecule has 1 N–H and O–H groups in total. The number of hydrogen-bond donors (Lipinski definition) is 1. The van der Waals surface area contributed by atoms with E-state index in [4.69, 9.17) is 5.41 Å². The van der Waals surface area contributed by atoms with Gasteiger partial charge in [-0.1, -0.05) is 42.5 Å². The minimum Gasteiger partial charge on any atom is -0.301 e. The molecule has 1 aliphatic rings. The maximum Gasteiger partial charge on any atom is 0.207 e. The Kier molecular flexibility index (Phi) is 3.31. The van der Waals surface area contributed by atoms with Crippen molar-refractivity contribution in [2.24, 2.45) is 0 Å². The topological polar surface area (TPSA) is 58.0 Å². The van der Waals surface area contributed by atoms with Crippen LogP contribution in [0.5, 0.6) is 0 Å². The maximum atomic E-state index is 12.5. The van der Waals surface area contributed by atoms with Crippen molar-refractivity contribution in [3.63, 3.8) is 0 Å². The van der Waals surface area contributed by atoms with E-state index in [2.05, 4.69) is 36.4 Å². The van der Waals surface area contributed by atoms with Crippen molar-refractivity contribution in [2.45, 2.75) is 6.42 Å². The summed E-state index contributed by atoms with van der Waals surface area (Å²) in [5, 5.41) is 14.3. The SMILES string of the molecule is N=C1CC(=O)C=C(c2cccc3cc4cc5ccccc5cc4cc23)C1=O. The highest BCUT2D eigenvalue weighted by Crippen LogP contribution is 2.33. The standard InChI is InChI=1S/C24H15NO2/c25-23-13-19(26)12-22(24(23)27)20-7-3-6-16-10-17-8-14-4-1-2-5-15(14)9-18(17)11-21(16)20/h1-12,25H,13H2. The molecule has 3 heteroatoms. The summed E-state index contributed by atoms with van der Waals surface area (Å²) in [5.74, 6) is -0.556. The lowest BCUT2D eigenvalue weighted by molar-refractivity contribution is -0.115. The van der Waals surface area contributed by atoms with Gasteiger partial charge in [0.1, 0.15) is 0 Å². The second kappa shape index (κ2) is 5.71. The van der Waals surface area contributed by atoms with Gasteiger partial charge in [-0.15, -0.1) is 0 Å². The molecule has 0 saturated carbocycles. The maximum absolute atomic E-state index is 12.5. The molecule has 5 rings (SSSR count). The predicted octanol–water partition coefficient (Wildman–Crippen LogP) is 5.09. The van der Waals surface area contributed by atoms with Gasteiger partial charge in [0.2, 0.25) is 5.78 Å². The summed E-state index contributed by atoms with van der Waals surface area (Å²) in [6.45, 7) is 0. The fraction of sp³-hybridized carbons (Fsp3) is 0.0417. The number of hydrogen-bond acceptors (Lipinski definition) is 3. The van der Waals surface area contributed by atoms with Crippen LogP contribution in [0, 0.1) is 5.41 Å². The smallest absolute Gasteiger partial charge is 0.207 e. The zero-order valence-electron chi connectivity index (χ0n) is 14.5. The van der Waals surface area contributed by atoms with E-state index in [1.165, 1.54) is 11.5 Å². The van der Waals surface area contributed by atoms with Gasteiger partial charge in [-0.25, -0.2) is 0 Å². The highest BCUT2D eigenvalue weighted by molar-refractivity contribution is 6.60. The molecule has 0 aliphatic heterocycles. The van der Waals surface area contributed by atoms with E-state index in [-0.39, 0.29) is 23.7 Å². The molecular formula is C24H15NO2. The van der Waals surface area contributed by atoms with Gasteiger partial charge in [0, 0.05) is 5.57 Å². The fourth-order valence-corrected chi connectivity index (χ4v) is 3.85. The third-order valence-corrected chi connectivity index (χ3v) is 5.17. The first-order valence-electron chi connectivity index (χ1n) is 8.82. The molecule has 0 saturated heterocycles. The van der Waals surface area contributed by atoms with Gasteiger partial charge in [0.15, 0.2) is 5.78 Å². The first kappa shape index (κ1) is 15.6. The summed E-state index contributed by atoms with van der Waals surface area (Å²) < 4.78 is 0. The van der Waals surface area contributed by atoms with Crippen molar-refractivity contribution in [1.29, 1.82) is 5.41 Å². The van der Waals surface area contributed by atoms with E-state index in [1.807, 2.05) is 30.3 Å². The van der Waals surface area contributed by atoms with Crippen LogP contribution >= 0.6 is 0 Å². The van der Waals surface area contributed by atoms with Crippen molar-refractivity contribution in [3.05, 3.63) is 78.4 Å². The Hall–Kier alpha value is -3.59. The Bertz CT molecular complexity index is 1340. The normalized spacial score (nSPS) is 15.0. The number of allylic oxidation sites excluding steroid dienone is 2. The van der Waals surface area contributed by atoms with Crippen LogP contribution in [0.2, 0.25) is 0 Å². The monoisotopic (exact) mass is 349 g/mol. The van der Waals surface area contributed by atoms with Crippen molar-refractivity contribution >= 4 is 55.2 Å². The van der Waals surface area contributed by atoms with E-state index in [0.717, 1.165) is 26.9 Å². The van der Waals surface area contributed by atoms with Gasteiger partial charge < -0.3 is 5.41 Å². The first-order valence-corrected chi connectivity index (χ1v) is 8.82. The molecule has 0 fully saturated rings. The molecule has 0 radical (unpaired) electrons. The third kappa shape index (κ3) is 2.48. The number of benzene rings is 4. The van der Waals surface area contributed by atoms with Crippen LogP contribution in [0.25, 0.3) is 37.9 Å². The number of fused-ring (bicyclic) bond motifs is 3. The van der Waals surface area contributed by atoms with Crippen molar-refractivity contribution in [3.8, 4) is 0 Å². The van der Waals surface area contributed by atoms with E-state index >= 15 is 0 Å². The number of rotatable bonds is 1.